The number of hydrogen-bond acceptors (Lipinski definition) is 4. The molecule has 1 atom stereocenters. The molecule has 2 aromatic rings. The highest BCUT2D eigenvalue weighted by molar-refractivity contribution is 6.31. The second-order valence-electron chi connectivity index (χ2n) is 5.03. The molecule has 1 N–H and O–H groups in total. The number of aromatic nitrogens is 2. The van der Waals surface area contributed by atoms with Gasteiger partial charge in [-0.05, 0) is 24.6 Å². The molecular formula is C15H17ClN2O3. The fourth-order valence-corrected chi connectivity index (χ4v) is 2.41. The maximum atomic E-state index is 10.4. The van der Waals surface area contributed by atoms with Gasteiger partial charge in [0, 0.05) is 6.42 Å². The summed E-state index contributed by atoms with van der Waals surface area (Å²) in [6.07, 6.45) is 1.76. The van der Waals surface area contributed by atoms with Crippen molar-refractivity contribution in [1.29, 1.82) is 0 Å². The average molecular weight is 309 g/mol. The molecule has 0 bridgehead atoms. The lowest BCUT2D eigenvalue weighted by Gasteiger charge is -2.15. The van der Waals surface area contributed by atoms with E-state index >= 15 is 0 Å². The summed E-state index contributed by atoms with van der Waals surface area (Å²) in [6, 6.07) is 5.51. The Bertz CT molecular complexity index is 642. The van der Waals surface area contributed by atoms with E-state index in [9.17, 15) is 5.11 Å². The first-order valence-corrected chi connectivity index (χ1v) is 7.28. The largest absolute Gasteiger partial charge is 0.490 e. The highest BCUT2D eigenvalue weighted by Crippen LogP contribution is 2.32. The summed E-state index contributed by atoms with van der Waals surface area (Å²) in [7, 11) is 0. The first kappa shape index (κ1) is 14.2. The normalized spacial score (nSPS) is 15.6. The van der Waals surface area contributed by atoms with Gasteiger partial charge >= 0.3 is 0 Å². The molecule has 1 aromatic carbocycles. The zero-order valence-electron chi connectivity index (χ0n) is 11.8. The number of aliphatic hydroxyl groups excluding tert-OH is 1. The summed E-state index contributed by atoms with van der Waals surface area (Å²) in [5.41, 5.74) is 1.61. The van der Waals surface area contributed by atoms with Crippen LogP contribution in [0, 0.1) is 6.92 Å². The smallest absolute Gasteiger partial charge is 0.161 e. The van der Waals surface area contributed by atoms with Gasteiger partial charge in [-0.15, -0.1) is 0 Å². The van der Waals surface area contributed by atoms with Crippen LogP contribution in [-0.4, -0.2) is 28.1 Å². The van der Waals surface area contributed by atoms with Gasteiger partial charge in [-0.2, -0.15) is 5.10 Å². The van der Waals surface area contributed by atoms with Crippen molar-refractivity contribution in [2.24, 2.45) is 0 Å². The zero-order chi connectivity index (χ0) is 14.8. The number of halogens is 1. The van der Waals surface area contributed by atoms with Crippen LogP contribution in [0.25, 0.3) is 0 Å². The highest BCUT2D eigenvalue weighted by Gasteiger charge is 2.16. The third kappa shape index (κ3) is 2.99. The fraction of sp³-hybridized carbons (Fsp3) is 0.400. The van der Waals surface area contributed by atoms with E-state index in [-0.39, 0.29) is 0 Å². The summed E-state index contributed by atoms with van der Waals surface area (Å²) >= 11 is 5.97. The van der Waals surface area contributed by atoms with Crippen LogP contribution in [0.5, 0.6) is 11.5 Å². The van der Waals surface area contributed by atoms with E-state index in [1.807, 2.05) is 25.1 Å². The molecule has 1 aromatic heterocycles. The third-order valence-electron chi connectivity index (χ3n) is 3.55. The SMILES string of the molecule is Cc1c(Cl)cnn1CC(O)c1ccc2c(c1)OCCCO2. The molecule has 0 amide bonds. The Morgan fingerprint density at radius 3 is 2.81 bits per heavy atom. The van der Waals surface area contributed by atoms with Crippen LogP contribution >= 0.6 is 11.6 Å². The molecule has 1 unspecified atom stereocenters. The van der Waals surface area contributed by atoms with Gasteiger partial charge in [0.15, 0.2) is 11.5 Å². The number of fused-ring (bicyclic) bond motifs is 1. The standard InChI is InChI=1S/C15H17ClN2O3/c1-10-12(16)8-17-18(10)9-13(19)11-3-4-14-15(7-11)21-6-2-5-20-14/h3-4,7-8,13,19H,2,5-6,9H2,1H3. The van der Waals surface area contributed by atoms with Gasteiger partial charge in [-0.1, -0.05) is 17.7 Å². The summed E-state index contributed by atoms with van der Waals surface area (Å²) in [5.74, 6) is 1.40. The lowest BCUT2D eigenvalue weighted by atomic mass is 10.1. The number of ether oxygens (including phenoxy) is 2. The van der Waals surface area contributed by atoms with Crippen molar-refractivity contribution in [1.82, 2.24) is 9.78 Å². The molecule has 0 saturated heterocycles. The molecule has 0 radical (unpaired) electrons. The molecular weight excluding hydrogens is 292 g/mol. The number of rotatable bonds is 3. The van der Waals surface area contributed by atoms with Gasteiger partial charge in [0.1, 0.15) is 0 Å². The van der Waals surface area contributed by atoms with Gasteiger partial charge in [0.2, 0.25) is 0 Å². The van der Waals surface area contributed by atoms with Gasteiger partial charge in [-0.25, -0.2) is 0 Å². The minimum Gasteiger partial charge on any atom is -0.490 e. The van der Waals surface area contributed by atoms with Crippen molar-refractivity contribution in [3.05, 3.63) is 40.7 Å². The molecule has 0 fully saturated rings. The predicted molar refractivity (Wildman–Crippen MR) is 79.0 cm³/mol. The van der Waals surface area contributed by atoms with E-state index in [4.69, 9.17) is 21.1 Å². The van der Waals surface area contributed by atoms with Crippen LogP contribution in [0.1, 0.15) is 23.8 Å². The first-order chi connectivity index (χ1) is 10.1. The van der Waals surface area contributed by atoms with Crippen LogP contribution in [0.4, 0.5) is 0 Å². The van der Waals surface area contributed by atoms with Crippen LogP contribution in [0.2, 0.25) is 5.02 Å². The molecule has 0 aliphatic carbocycles. The number of benzene rings is 1. The molecule has 5 nitrogen and oxygen atoms in total. The van der Waals surface area contributed by atoms with E-state index in [0.29, 0.717) is 30.5 Å². The Labute approximate surface area is 128 Å². The van der Waals surface area contributed by atoms with Gasteiger partial charge < -0.3 is 14.6 Å². The topological polar surface area (TPSA) is 56.5 Å². The van der Waals surface area contributed by atoms with Crippen molar-refractivity contribution in [2.45, 2.75) is 26.0 Å². The lowest BCUT2D eigenvalue weighted by Crippen LogP contribution is -2.11. The van der Waals surface area contributed by atoms with E-state index in [1.54, 1.807) is 10.9 Å². The first-order valence-electron chi connectivity index (χ1n) is 6.90. The Hall–Kier alpha value is -1.72. The van der Waals surface area contributed by atoms with E-state index < -0.39 is 6.10 Å². The minimum atomic E-state index is -0.684. The van der Waals surface area contributed by atoms with Crippen LogP contribution in [0.15, 0.2) is 24.4 Å². The monoisotopic (exact) mass is 308 g/mol. The molecule has 2 heterocycles. The Morgan fingerprint density at radius 1 is 1.33 bits per heavy atom. The number of hydrogen-bond donors (Lipinski definition) is 1. The van der Waals surface area contributed by atoms with E-state index in [1.165, 1.54) is 0 Å². The average Bonchev–Trinajstić information content (AvgIpc) is 2.71. The molecule has 1 aliphatic heterocycles. The minimum absolute atomic E-state index is 0.345. The number of aliphatic hydroxyl groups is 1. The Morgan fingerprint density at radius 2 is 2.10 bits per heavy atom. The van der Waals surface area contributed by atoms with Crippen LogP contribution in [0.3, 0.4) is 0 Å². The van der Waals surface area contributed by atoms with Gasteiger partial charge in [-0.3, -0.25) is 4.68 Å². The predicted octanol–water partition coefficient (Wildman–Crippen LogP) is 2.74. The second-order valence-corrected chi connectivity index (χ2v) is 5.44. The molecule has 0 spiro atoms. The maximum absolute atomic E-state index is 10.4. The molecule has 0 saturated carbocycles. The van der Waals surface area contributed by atoms with Crippen LogP contribution in [-0.2, 0) is 6.54 Å². The molecule has 6 heteroatoms. The molecule has 1 aliphatic rings. The van der Waals surface area contributed by atoms with Crippen molar-refractivity contribution >= 4 is 11.6 Å². The quantitative estimate of drug-likeness (QED) is 0.947. The van der Waals surface area contributed by atoms with Gasteiger partial charge in [0.05, 0.1) is 42.8 Å². The van der Waals surface area contributed by atoms with Gasteiger partial charge in [0.25, 0.3) is 0 Å². The fourth-order valence-electron chi connectivity index (χ4n) is 2.26. The third-order valence-corrected chi connectivity index (χ3v) is 3.92. The van der Waals surface area contributed by atoms with E-state index in [2.05, 4.69) is 5.10 Å². The van der Waals surface area contributed by atoms with E-state index in [0.717, 1.165) is 23.4 Å². The summed E-state index contributed by atoms with van der Waals surface area (Å²) in [4.78, 5) is 0. The van der Waals surface area contributed by atoms with Crippen LogP contribution < -0.4 is 9.47 Å². The summed E-state index contributed by atoms with van der Waals surface area (Å²) in [5, 5.41) is 15.1. The Kier molecular flexibility index (Phi) is 4.03. The van der Waals surface area contributed by atoms with Crippen molar-refractivity contribution in [2.75, 3.05) is 13.2 Å². The highest BCUT2D eigenvalue weighted by atomic mass is 35.5. The lowest BCUT2D eigenvalue weighted by molar-refractivity contribution is 0.150. The molecule has 21 heavy (non-hydrogen) atoms. The Balaban J connectivity index is 1.80. The molecule has 112 valence electrons. The maximum Gasteiger partial charge on any atom is 0.161 e. The summed E-state index contributed by atoms with van der Waals surface area (Å²) in [6.45, 7) is 3.49. The van der Waals surface area contributed by atoms with Crippen molar-refractivity contribution in [3.8, 4) is 11.5 Å². The van der Waals surface area contributed by atoms with Crippen molar-refractivity contribution < 1.29 is 14.6 Å². The number of nitrogens with zero attached hydrogens (tertiary/aromatic N) is 2. The van der Waals surface area contributed by atoms with Crippen molar-refractivity contribution in [3.63, 3.8) is 0 Å². The second kappa shape index (κ2) is 5.95. The summed E-state index contributed by atoms with van der Waals surface area (Å²) < 4.78 is 12.9. The molecule has 3 rings (SSSR count). The zero-order valence-corrected chi connectivity index (χ0v) is 12.5.